The molecule has 3 rings (SSSR count). The zero-order valence-electron chi connectivity index (χ0n) is 14.7. The number of aliphatic hydroxyl groups excluding tert-OH is 1. The summed E-state index contributed by atoms with van der Waals surface area (Å²) >= 11 is 0. The van der Waals surface area contributed by atoms with Gasteiger partial charge in [-0.1, -0.05) is 12.1 Å². The summed E-state index contributed by atoms with van der Waals surface area (Å²) < 4.78 is 16.8. The van der Waals surface area contributed by atoms with Crippen LogP contribution in [-0.4, -0.2) is 18.8 Å². The van der Waals surface area contributed by atoms with Crippen LogP contribution in [0.2, 0.25) is 0 Å². The Bertz CT molecular complexity index is 856. The van der Waals surface area contributed by atoms with E-state index < -0.39 is 0 Å². The maximum atomic E-state index is 9.53. The third-order valence-electron chi connectivity index (χ3n) is 4.09. The van der Waals surface area contributed by atoms with Gasteiger partial charge in [-0.3, -0.25) is 0 Å². The van der Waals surface area contributed by atoms with Gasteiger partial charge in [-0.2, -0.15) is 0 Å². The summed E-state index contributed by atoms with van der Waals surface area (Å²) in [5.74, 6) is 2.25. The first-order chi connectivity index (χ1) is 12.2. The summed E-state index contributed by atoms with van der Waals surface area (Å²) in [6.45, 7) is 4.45. The Labute approximate surface area is 147 Å². The van der Waals surface area contributed by atoms with Crippen LogP contribution in [0.25, 0.3) is 11.0 Å². The maximum absolute atomic E-state index is 9.53. The number of fused-ring (bicyclic) bond motifs is 1. The standard InChI is InChI=1S/C20H23NO4/c1-4-24-17-9-8-16(10-15(17)12-22)21-13(2)19-11-14-6-5-7-18(23-3)20(14)25-19/h5-11,13,21-22H,4,12H2,1-3H3. The van der Waals surface area contributed by atoms with E-state index in [9.17, 15) is 5.11 Å². The van der Waals surface area contributed by atoms with Crippen LogP contribution >= 0.6 is 0 Å². The number of hydrogen-bond donors (Lipinski definition) is 2. The lowest BCUT2D eigenvalue weighted by Crippen LogP contribution is -2.06. The Morgan fingerprint density at radius 3 is 2.72 bits per heavy atom. The SMILES string of the molecule is CCOc1ccc(NC(C)c2cc3cccc(OC)c3o2)cc1CO. The number of ether oxygens (including phenoxy) is 2. The molecule has 0 amide bonds. The fourth-order valence-electron chi connectivity index (χ4n) is 2.84. The average Bonchev–Trinajstić information content (AvgIpc) is 3.07. The molecule has 0 radical (unpaired) electrons. The predicted molar refractivity (Wildman–Crippen MR) is 98.3 cm³/mol. The summed E-state index contributed by atoms with van der Waals surface area (Å²) in [5.41, 5.74) is 2.40. The van der Waals surface area contributed by atoms with E-state index in [4.69, 9.17) is 13.9 Å². The van der Waals surface area contributed by atoms with Gasteiger partial charge in [0.25, 0.3) is 0 Å². The highest BCUT2D eigenvalue weighted by molar-refractivity contribution is 5.83. The topological polar surface area (TPSA) is 63.9 Å². The molecule has 0 saturated heterocycles. The van der Waals surface area contributed by atoms with Crippen LogP contribution in [0.1, 0.15) is 31.2 Å². The zero-order valence-corrected chi connectivity index (χ0v) is 14.7. The van der Waals surface area contributed by atoms with Crippen LogP contribution in [0.5, 0.6) is 11.5 Å². The third kappa shape index (κ3) is 3.56. The van der Waals surface area contributed by atoms with E-state index >= 15 is 0 Å². The molecule has 1 unspecified atom stereocenters. The van der Waals surface area contributed by atoms with Crippen molar-refractivity contribution in [3.05, 3.63) is 53.8 Å². The Hall–Kier alpha value is -2.66. The molecule has 3 aromatic rings. The summed E-state index contributed by atoms with van der Waals surface area (Å²) in [7, 11) is 1.63. The van der Waals surface area contributed by atoms with Crippen LogP contribution in [0, 0.1) is 0 Å². The van der Waals surface area contributed by atoms with Crippen molar-refractivity contribution >= 4 is 16.7 Å². The van der Waals surface area contributed by atoms with Gasteiger partial charge in [-0.15, -0.1) is 0 Å². The molecular weight excluding hydrogens is 318 g/mol. The lowest BCUT2D eigenvalue weighted by Gasteiger charge is -2.15. The molecule has 1 aromatic heterocycles. The van der Waals surface area contributed by atoms with Gasteiger partial charge in [0.15, 0.2) is 11.3 Å². The maximum Gasteiger partial charge on any atom is 0.176 e. The number of rotatable bonds is 7. The van der Waals surface area contributed by atoms with E-state index in [0.29, 0.717) is 12.4 Å². The highest BCUT2D eigenvalue weighted by atomic mass is 16.5. The first kappa shape index (κ1) is 17.2. The molecule has 0 bridgehead atoms. The first-order valence-electron chi connectivity index (χ1n) is 8.35. The van der Waals surface area contributed by atoms with Gasteiger partial charge < -0.3 is 24.3 Å². The van der Waals surface area contributed by atoms with E-state index in [1.54, 1.807) is 7.11 Å². The van der Waals surface area contributed by atoms with Crippen molar-refractivity contribution in [2.24, 2.45) is 0 Å². The van der Waals surface area contributed by atoms with Gasteiger partial charge in [0.05, 0.1) is 26.4 Å². The van der Waals surface area contributed by atoms with Crippen LogP contribution in [0.4, 0.5) is 5.69 Å². The number of benzene rings is 2. The Morgan fingerprint density at radius 2 is 2.00 bits per heavy atom. The van der Waals surface area contributed by atoms with Crippen molar-refractivity contribution < 1.29 is 19.0 Å². The minimum Gasteiger partial charge on any atom is -0.494 e. The van der Waals surface area contributed by atoms with Crippen LogP contribution in [0.15, 0.2) is 46.9 Å². The van der Waals surface area contributed by atoms with Crippen molar-refractivity contribution in [2.75, 3.05) is 19.0 Å². The molecule has 0 fully saturated rings. The number of hydrogen-bond acceptors (Lipinski definition) is 5. The molecule has 132 valence electrons. The Kier molecular flexibility index (Phi) is 5.14. The molecule has 5 heteroatoms. The molecule has 1 atom stereocenters. The zero-order chi connectivity index (χ0) is 17.8. The Morgan fingerprint density at radius 1 is 1.16 bits per heavy atom. The number of furan rings is 1. The second-order valence-electron chi connectivity index (χ2n) is 5.81. The molecular formula is C20H23NO4. The second-order valence-corrected chi connectivity index (χ2v) is 5.81. The summed E-state index contributed by atoms with van der Waals surface area (Å²) in [4.78, 5) is 0. The van der Waals surface area contributed by atoms with Gasteiger partial charge in [-0.05, 0) is 44.2 Å². The van der Waals surface area contributed by atoms with Crippen molar-refractivity contribution in [1.29, 1.82) is 0 Å². The molecule has 5 nitrogen and oxygen atoms in total. The summed E-state index contributed by atoms with van der Waals surface area (Å²) in [6, 6.07) is 13.5. The highest BCUT2D eigenvalue weighted by Crippen LogP contribution is 2.32. The fraction of sp³-hybridized carbons (Fsp3) is 0.300. The second kappa shape index (κ2) is 7.49. The highest BCUT2D eigenvalue weighted by Gasteiger charge is 2.15. The van der Waals surface area contributed by atoms with Crippen molar-refractivity contribution in [1.82, 2.24) is 0 Å². The van der Waals surface area contributed by atoms with E-state index in [2.05, 4.69) is 5.32 Å². The minimum absolute atomic E-state index is 0.0402. The molecule has 2 aromatic carbocycles. The molecule has 0 spiro atoms. The van der Waals surface area contributed by atoms with Crippen LogP contribution < -0.4 is 14.8 Å². The van der Waals surface area contributed by atoms with Gasteiger partial charge in [0.2, 0.25) is 0 Å². The fourth-order valence-corrected chi connectivity index (χ4v) is 2.84. The number of aliphatic hydroxyl groups is 1. The number of methoxy groups -OCH3 is 1. The van der Waals surface area contributed by atoms with E-state index in [1.807, 2.05) is 56.3 Å². The largest absolute Gasteiger partial charge is 0.494 e. The minimum atomic E-state index is -0.0684. The smallest absolute Gasteiger partial charge is 0.176 e. The molecule has 2 N–H and O–H groups in total. The van der Waals surface area contributed by atoms with Crippen molar-refractivity contribution in [3.8, 4) is 11.5 Å². The van der Waals surface area contributed by atoms with Gasteiger partial charge in [0.1, 0.15) is 11.5 Å². The van der Waals surface area contributed by atoms with Crippen LogP contribution in [0.3, 0.4) is 0 Å². The van der Waals surface area contributed by atoms with Gasteiger partial charge >= 0.3 is 0 Å². The Balaban J connectivity index is 1.83. The lowest BCUT2D eigenvalue weighted by molar-refractivity contribution is 0.267. The number of nitrogens with one attached hydrogen (secondary N) is 1. The van der Waals surface area contributed by atoms with Crippen LogP contribution in [-0.2, 0) is 6.61 Å². The molecule has 0 saturated carbocycles. The third-order valence-corrected chi connectivity index (χ3v) is 4.09. The summed E-state index contributed by atoms with van der Waals surface area (Å²) in [5, 5.41) is 13.9. The van der Waals surface area contributed by atoms with E-state index in [1.165, 1.54) is 0 Å². The monoisotopic (exact) mass is 341 g/mol. The normalized spacial score (nSPS) is 12.2. The molecule has 0 aliphatic heterocycles. The van der Waals surface area contributed by atoms with Crippen molar-refractivity contribution in [3.63, 3.8) is 0 Å². The van der Waals surface area contributed by atoms with E-state index in [0.717, 1.165) is 33.7 Å². The first-order valence-corrected chi connectivity index (χ1v) is 8.35. The van der Waals surface area contributed by atoms with Gasteiger partial charge in [-0.25, -0.2) is 0 Å². The summed E-state index contributed by atoms with van der Waals surface area (Å²) in [6.07, 6.45) is 0. The average molecular weight is 341 g/mol. The predicted octanol–water partition coefficient (Wildman–Crippen LogP) is 4.51. The number of anilines is 1. The lowest BCUT2D eigenvalue weighted by atomic mass is 10.1. The molecule has 0 aliphatic carbocycles. The molecule has 1 heterocycles. The quantitative estimate of drug-likeness (QED) is 0.662. The van der Waals surface area contributed by atoms with Gasteiger partial charge in [0, 0.05) is 16.6 Å². The number of para-hydroxylation sites is 1. The van der Waals surface area contributed by atoms with Crippen molar-refractivity contribution in [2.45, 2.75) is 26.5 Å². The molecule has 25 heavy (non-hydrogen) atoms. The van der Waals surface area contributed by atoms with E-state index in [-0.39, 0.29) is 12.6 Å². The molecule has 0 aliphatic rings.